The van der Waals surface area contributed by atoms with E-state index >= 15 is 0 Å². The summed E-state index contributed by atoms with van der Waals surface area (Å²) in [6, 6.07) is 9.35. The molecule has 3 heterocycles. The molecule has 1 amide bonds. The highest BCUT2D eigenvalue weighted by atomic mass is 35.5. The van der Waals surface area contributed by atoms with E-state index < -0.39 is 0 Å². The molecule has 28 heavy (non-hydrogen) atoms. The highest BCUT2D eigenvalue weighted by Gasteiger charge is 2.29. The Labute approximate surface area is 172 Å². The standard InChI is InChI=1S/C20H21ClN4O2S/c1-13-7-12-28-17(13)20(26)25-10-8-24(9-11-25)14(2)19-22-18(23-27-19)15-3-5-16(21)6-4-15/h3-7,12,14H,8-11H2,1-2H3. The van der Waals surface area contributed by atoms with Crippen LogP contribution in [-0.2, 0) is 0 Å². The van der Waals surface area contributed by atoms with E-state index in [-0.39, 0.29) is 11.9 Å². The molecule has 1 aliphatic heterocycles. The average molecular weight is 417 g/mol. The van der Waals surface area contributed by atoms with Gasteiger partial charge in [-0.1, -0.05) is 16.8 Å². The lowest BCUT2D eigenvalue weighted by molar-refractivity contribution is 0.0555. The number of thiophene rings is 1. The minimum Gasteiger partial charge on any atom is -0.337 e. The minimum atomic E-state index is -0.00530. The second-order valence-electron chi connectivity index (χ2n) is 6.90. The maximum atomic E-state index is 12.7. The van der Waals surface area contributed by atoms with Crippen LogP contribution >= 0.6 is 22.9 Å². The second kappa shape index (κ2) is 8.03. The number of carbonyl (C=O) groups is 1. The van der Waals surface area contributed by atoms with Gasteiger partial charge in [0.05, 0.1) is 10.9 Å². The third kappa shape index (κ3) is 3.83. The van der Waals surface area contributed by atoms with Gasteiger partial charge in [0.1, 0.15) is 0 Å². The van der Waals surface area contributed by atoms with Crippen LogP contribution < -0.4 is 0 Å². The normalized spacial score (nSPS) is 16.3. The first-order chi connectivity index (χ1) is 13.5. The zero-order valence-electron chi connectivity index (χ0n) is 15.8. The Kier molecular flexibility index (Phi) is 5.48. The number of benzene rings is 1. The van der Waals surface area contributed by atoms with Gasteiger partial charge in [0.15, 0.2) is 0 Å². The third-order valence-corrected chi connectivity index (χ3v) is 6.36. The summed E-state index contributed by atoms with van der Waals surface area (Å²) >= 11 is 7.44. The lowest BCUT2D eigenvalue weighted by Gasteiger charge is -2.36. The van der Waals surface area contributed by atoms with Crippen molar-refractivity contribution in [3.05, 3.63) is 57.1 Å². The summed E-state index contributed by atoms with van der Waals surface area (Å²) in [4.78, 5) is 22.3. The number of carbonyl (C=O) groups excluding carboxylic acids is 1. The molecule has 2 aromatic heterocycles. The van der Waals surface area contributed by atoms with Crippen molar-refractivity contribution < 1.29 is 9.32 Å². The molecular formula is C20H21ClN4O2S. The number of piperazine rings is 1. The van der Waals surface area contributed by atoms with Crippen LogP contribution in [-0.4, -0.2) is 52.0 Å². The van der Waals surface area contributed by atoms with Crippen LogP contribution in [0.3, 0.4) is 0 Å². The van der Waals surface area contributed by atoms with Gasteiger partial charge in [-0.25, -0.2) is 0 Å². The Morgan fingerprint density at radius 1 is 1.18 bits per heavy atom. The Morgan fingerprint density at radius 3 is 2.54 bits per heavy atom. The van der Waals surface area contributed by atoms with Gasteiger partial charge < -0.3 is 9.42 Å². The van der Waals surface area contributed by atoms with Gasteiger partial charge in [0.25, 0.3) is 5.91 Å². The van der Waals surface area contributed by atoms with Crippen molar-refractivity contribution in [3.63, 3.8) is 0 Å². The van der Waals surface area contributed by atoms with Gasteiger partial charge >= 0.3 is 0 Å². The Balaban J connectivity index is 1.39. The average Bonchev–Trinajstić information content (AvgIpc) is 3.37. The molecule has 146 valence electrons. The van der Waals surface area contributed by atoms with E-state index in [9.17, 15) is 4.79 Å². The summed E-state index contributed by atoms with van der Waals surface area (Å²) in [6.45, 7) is 6.97. The predicted molar refractivity (Wildman–Crippen MR) is 110 cm³/mol. The molecule has 1 unspecified atom stereocenters. The van der Waals surface area contributed by atoms with E-state index in [4.69, 9.17) is 16.1 Å². The summed E-state index contributed by atoms with van der Waals surface area (Å²) in [6.07, 6.45) is 0. The molecule has 4 rings (SSSR count). The fourth-order valence-electron chi connectivity index (χ4n) is 3.33. The lowest BCUT2D eigenvalue weighted by Crippen LogP contribution is -2.49. The first kappa shape index (κ1) is 19.1. The van der Waals surface area contributed by atoms with Gasteiger partial charge in [-0.3, -0.25) is 9.69 Å². The highest BCUT2D eigenvalue weighted by molar-refractivity contribution is 7.12. The Morgan fingerprint density at radius 2 is 1.89 bits per heavy atom. The van der Waals surface area contributed by atoms with Crippen molar-refractivity contribution in [3.8, 4) is 11.4 Å². The van der Waals surface area contributed by atoms with Crippen molar-refractivity contribution in [2.75, 3.05) is 26.2 Å². The molecule has 0 radical (unpaired) electrons. The van der Waals surface area contributed by atoms with Gasteiger partial charge in [-0.2, -0.15) is 4.98 Å². The Bertz CT molecular complexity index is 961. The van der Waals surface area contributed by atoms with Crippen LogP contribution in [0.5, 0.6) is 0 Å². The summed E-state index contributed by atoms with van der Waals surface area (Å²) in [5, 5.41) is 6.74. The number of aryl methyl sites for hydroxylation is 1. The van der Waals surface area contributed by atoms with Crippen molar-refractivity contribution in [2.45, 2.75) is 19.9 Å². The molecule has 1 aliphatic rings. The van der Waals surface area contributed by atoms with Gasteiger partial charge in [0.2, 0.25) is 11.7 Å². The largest absolute Gasteiger partial charge is 0.337 e. The molecule has 1 atom stereocenters. The van der Waals surface area contributed by atoms with E-state index in [0.29, 0.717) is 29.8 Å². The molecule has 0 N–H and O–H groups in total. The van der Waals surface area contributed by atoms with E-state index in [1.807, 2.05) is 47.5 Å². The van der Waals surface area contributed by atoms with Crippen LogP contribution in [0, 0.1) is 6.92 Å². The predicted octanol–water partition coefficient (Wildman–Crippen LogP) is 4.28. The first-order valence-corrected chi connectivity index (χ1v) is 10.5. The van der Waals surface area contributed by atoms with Crippen molar-refractivity contribution in [1.82, 2.24) is 19.9 Å². The SMILES string of the molecule is Cc1ccsc1C(=O)N1CCN(C(C)c2nc(-c3ccc(Cl)cc3)no2)CC1. The van der Waals surface area contributed by atoms with Crippen LogP contribution in [0.2, 0.25) is 5.02 Å². The smallest absolute Gasteiger partial charge is 0.264 e. The zero-order valence-corrected chi connectivity index (χ0v) is 17.3. The van der Waals surface area contributed by atoms with E-state index in [1.54, 1.807) is 0 Å². The summed E-state index contributed by atoms with van der Waals surface area (Å²) in [5.41, 5.74) is 1.92. The first-order valence-electron chi connectivity index (χ1n) is 9.20. The summed E-state index contributed by atoms with van der Waals surface area (Å²) in [5.74, 6) is 1.27. The molecule has 1 aromatic carbocycles. The fourth-order valence-corrected chi connectivity index (χ4v) is 4.34. The van der Waals surface area contributed by atoms with Gasteiger partial charge in [0, 0.05) is 36.8 Å². The fraction of sp³-hybridized carbons (Fsp3) is 0.350. The molecule has 0 aliphatic carbocycles. The number of aromatic nitrogens is 2. The third-order valence-electron chi connectivity index (χ3n) is 5.11. The number of hydrogen-bond donors (Lipinski definition) is 0. The molecule has 8 heteroatoms. The molecule has 3 aromatic rings. The molecule has 1 saturated heterocycles. The van der Waals surface area contributed by atoms with E-state index in [1.165, 1.54) is 11.3 Å². The van der Waals surface area contributed by atoms with Crippen LogP contribution in [0.15, 0.2) is 40.2 Å². The maximum Gasteiger partial charge on any atom is 0.264 e. The number of nitrogens with zero attached hydrogens (tertiary/aromatic N) is 4. The van der Waals surface area contributed by atoms with Crippen LogP contribution in [0.1, 0.15) is 34.1 Å². The molecule has 0 saturated carbocycles. The van der Waals surface area contributed by atoms with E-state index in [2.05, 4.69) is 22.0 Å². The van der Waals surface area contributed by atoms with Crippen molar-refractivity contribution >= 4 is 28.8 Å². The van der Waals surface area contributed by atoms with E-state index in [0.717, 1.165) is 29.1 Å². The van der Waals surface area contributed by atoms with Gasteiger partial charge in [-0.05, 0) is 55.1 Å². The topological polar surface area (TPSA) is 62.5 Å². The van der Waals surface area contributed by atoms with Crippen LogP contribution in [0.4, 0.5) is 0 Å². The number of rotatable bonds is 4. The zero-order chi connectivity index (χ0) is 19.7. The number of halogens is 1. The van der Waals surface area contributed by atoms with Gasteiger partial charge in [-0.15, -0.1) is 11.3 Å². The number of amides is 1. The summed E-state index contributed by atoms with van der Waals surface area (Å²) < 4.78 is 5.50. The highest BCUT2D eigenvalue weighted by Crippen LogP contribution is 2.25. The second-order valence-corrected chi connectivity index (χ2v) is 8.25. The quantitative estimate of drug-likeness (QED) is 0.635. The minimum absolute atomic E-state index is 0.00530. The van der Waals surface area contributed by atoms with Crippen molar-refractivity contribution in [2.24, 2.45) is 0 Å². The molecule has 0 bridgehead atoms. The van der Waals surface area contributed by atoms with Crippen LogP contribution in [0.25, 0.3) is 11.4 Å². The lowest BCUT2D eigenvalue weighted by atomic mass is 10.2. The molecule has 6 nitrogen and oxygen atoms in total. The molecular weight excluding hydrogens is 396 g/mol. The van der Waals surface area contributed by atoms with Crippen molar-refractivity contribution in [1.29, 1.82) is 0 Å². The number of hydrogen-bond acceptors (Lipinski definition) is 6. The molecule has 0 spiro atoms. The monoisotopic (exact) mass is 416 g/mol. The molecule has 1 fully saturated rings. The summed E-state index contributed by atoms with van der Waals surface area (Å²) in [7, 11) is 0. The Hall–Kier alpha value is -2.22. The maximum absolute atomic E-state index is 12.7.